The van der Waals surface area contributed by atoms with Crippen LogP contribution in [0.15, 0.2) is 9.59 Å². The molecule has 0 bridgehead atoms. The molecule has 0 atom stereocenters. The van der Waals surface area contributed by atoms with E-state index >= 15 is 0 Å². The molecule has 2 heterocycles. The summed E-state index contributed by atoms with van der Waals surface area (Å²) >= 11 is 0. The molecule has 0 aliphatic rings. The maximum atomic E-state index is 11.8. The number of nitrogens with zero attached hydrogens (tertiary/aromatic N) is 3. The van der Waals surface area contributed by atoms with Crippen LogP contribution in [0.25, 0.3) is 11.2 Å². The van der Waals surface area contributed by atoms with Gasteiger partial charge in [-0.15, -0.1) is 0 Å². The zero-order valence-electron chi connectivity index (χ0n) is 10.8. The first kappa shape index (κ1) is 12.4. The monoisotopic (exact) mass is 251 g/mol. The van der Waals surface area contributed by atoms with Crippen molar-refractivity contribution in [1.82, 2.24) is 19.1 Å². The first-order chi connectivity index (χ1) is 8.60. The van der Waals surface area contributed by atoms with Crippen LogP contribution in [0.4, 0.5) is 5.95 Å². The van der Waals surface area contributed by atoms with E-state index in [1.807, 2.05) is 13.8 Å². The standard InChI is InChI=1S/C11H17N5O2/c1-4-6-16-8-7(9(17)14-11(16)18)15(3)10(13-8)12-5-2/h4-6H2,1-3H3,(H,12,13)(H,14,17,18). The second kappa shape index (κ2) is 4.67. The van der Waals surface area contributed by atoms with E-state index in [2.05, 4.69) is 15.3 Å². The van der Waals surface area contributed by atoms with Gasteiger partial charge in [0.1, 0.15) is 0 Å². The van der Waals surface area contributed by atoms with Gasteiger partial charge in [-0.2, -0.15) is 4.98 Å². The smallest absolute Gasteiger partial charge is 0.330 e. The predicted molar refractivity (Wildman–Crippen MR) is 70.0 cm³/mol. The van der Waals surface area contributed by atoms with E-state index in [-0.39, 0.29) is 0 Å². The van der Waals surface area contributed by atoms with Gasteiger partial charge in [0.15, 0.2) is 11.2 Å². The molecular formula is C11H17N5O2. The van der Waals surface area contributed by atoms with Crippen LogP contribution in [-0.4, -0.2) is 25.6 Å². The van der Waals surface area contributed by atoms with Crippen LogP contribution < -0.4 is 16.6 Å². The molecule has 0 aliphatic carbocycles. The molecule has 2 aromatic rings. The SMILES string of the molecule is CCCn1c(=O)[nH]c(=O)c2c1nc(NCC)n2C. The first-order valence-electron chi connectivity index (χ1n) is 6.03. The lowest BCUT2D eigenvalue weighted by Gasteiger charge is -2.03. The number of aromatic nitrogens is 4. The Kier molecular flexibility index (Phi) is 3.22. The first-order valence-corrected chi connectivity index (χ1v) is 6.03. The van der Waals surface area contributed by atoms with Gasteiger partial charge < -0.3 is 9.88 Å². The molecule has 0 fully saturated rings. The van der Waals surface area contributed by atoms with Crippen LogP contribution in [0.5, 0.6) is 0 Å². The fourth-order valence-corrected chi connectivity index (χ4v) is 1.99. The van der Waals surface area contributed by atoms with Crippen molar-refractivity contribution in [3.05, 3.63) is 20.8 Å². The fourth-order valence-electron chi connectivity index (χ4n) is 1.99. The van der Waals surface area contributed by atoms with Crippen LogP contribution in [-0.2, 0) is 13.6 Å². The number of hydrogen-bond donors (Lipinski definition) is 2. The molecule has 0 spiro atoms. The summed E-state index contributed by atoms with van der Waals surface area (Å²) in [5.41, 5.74) is 0.0417. The topological polar surface area (TPSA) is 84.7 Å². The Labute approximate surface area is 103 Å². The van der Waals surface area contributed by atoms with Crippen molar-refractivity contribution < 1.29 is 0 Å². The van der Waals surface area contributed by atoms with Crippen LogP contribution >= 0.6 is 0 Å². The summed E-state index contributed by atoms with van der Waals surface area (Å²) in [6, 6.07) is 0. The van der Waals surface area contributed by atoms with Crippen molar-refractivity contribution in [1.29, 1.82) is 0 Å². The van der Waals surface area contributed by atoms with Gasteiger partial charge in [0.05, 0.1) is 0 Å². The van der Waals surface area contributed by atoms with E-state index in [4.69, 9.17) is 0 Å². The maximum absolute atomic E-state index is 11.8. The molecule has 0 saturated heterocycles. The van der Waals surface area contributed by atoms with Gasteiger partial charge in [-0.1, -0.05) is 6.92 Å². The third-order valence-electron chi connectivity index (χ3n) is 2.80. The summed E-state index contributed by atoms with van der Waals surface area (Å²) < 4.78 is 3.17. The van der Waals surface area contributed by atoms with Crippen molar-refractivity contribution in [3.63, 3.8) is 0 Å². The molecular weight excluding hydrogens is 234 g/mol. The number of imidazole rings is 1. The van der Waals surface area contributed by atoms with Crippen LogP contribution in [0.3, 0.4) is 0 Å². The lowest BCUT2D eigenvalue weighted by Crippen LogP contribution is -2.30. The van der Waals surface area contributed by atoms with Gasteiger partial charge >= 0.3 is 5.69 Å². The van der Waals surface area contributed by atoms with Gasteiger partial charge in [-0.05, 0) is 13.3 Å². The minimum Gasteiger partial charge on any atom is -0.356 e. The molecule has 98 valence electrons. The summed E-state index contributed by atoms with van der Waals surface area (Å²) in [5.74, 6) is 0.591. The van der Waals surface area contributed by atoms with E-state index in [9.17, 15) is 9.59 Å². The Morgan fingerprint density at radius 1 is 1.33 bits per heavy atom. The van der Waals surface area contributed by atoms with Gasteiger partial charge in [-0.25, -0.2) is 4.79 Å². The molecule has 0 radical (unpaired) electrons. The van der Waals surface area contributed by atoms with Crippen LogP contribution in [0, 0.1) is 0 Å². The average Bonchev–Trinajstić information content (AvgIpc) is 2.63. The number of aromatic amines is 1. The van der Waals surface area contributed by atoms with Crippen molar-refractivity contribution >= 4 is 17.1 Å². The highest BCUT2D eigenvalue weighted by Gasteiger charge is 2.15. The normalized spacial score (nSPS) is 11.1. The Morgan fingerprint density at radius 2 is 2.06 bits per heavy atom. The second-order valence-electron chi connectivity index (χ2n) is 4.11. The maximum Gasteiger partial charge on any atom is 0.330 e. The third kappa shape index (κ3) is 1.81. The highest BCUT2D eigenvalue weighted by molar-refractivity contribution is 5.73. The zero-order chi connectivity index (χ0) is 13.3. The minimum absolute atomic E-state index is 0.401. The Bertz CT molecular complexity index is 679. The summed E-state index contributed by atoms with van der Waals surface area (Å²) in [6.07, 6.45) is 0.800. The Balaban J connectivity index is 2.82. The Morgan fingerprint density at radius 3 is 2.67 bits per heavy atom. The molecule has 0 saturated carbocycles. The van der Waals surface area contributed by atoms with Crippen LogP contribution in [0.1, 0.15) is 20.3 Å². The van der Waals surface area contributed by atoms with E-state index < -0.39 is 11.2 Å². The number of H-pyrrole nitrogens is 1. The third-order valence-corrected chi connectivity index (χ3v) is 2.80. The summed E-state index contributed by atoms with van der Waals surface area (Å²) in [4.78, 5) is 30.3. The molecule has 0 amide bonds. The van der Waals surface area contributed by atoms with Crippen molar-refractivity contribution in [2.75, 3.05) is 11.9 Å². The van der Waals surface area contributed by atoms with Crippen molar-refractivity contribution in [2.24, 2.45) is 7.05 Å². The lowest BCUT2D eigenvalue weighted by molar-refractivity contribution is 0.652. The number of nitrogens with one attached hydrogen (secondary N) is 2. The molecule has 18 heavy (non-hydrogen) atoms. The molecule has 0 aromatic carbocycles. The number of fused-ring (bicyclic) bond motifs is 1. The second-order valence-corrected chi connectivity index (χ2v) is 4.11. The average molecular weight is 251 g/mol. The number of anilines is 1. The largest absolute Gasteiger partial charge is 0.356 e. The molecule has 7 heteroatoms. The molecule has 0 aliphatic heterocycles. The van der Waals surface area contributed by atoms with E-state index in [1.54, 1.807) is 11.6 Å². The van der Waals surface area contributed by atoms with E-state index in [0.29, 0.717) is 30.2 Å². The van der Waals surface area contributed by atoms with Crippen molar-refractivity contribution in [3.8, 4) is 0 Å². The number of aryl methyl sites for hydroxylation is 2. The van der Waals surface area contributed by atoms with E-state index in [1.165, 1.54) is 4.57 Å². The van der Waals surface area contributed by atoms with Gasteiger partial charge in [0.2, 0.25) is 5.95 Å². The highest BCUT2D eigenvalue weighted by Crippen LogP contribution is 2.13. The zero-order valence-corrected chi connectivity index (χ0v) is 10.8. The molecule has 0 unspecified atom stereocenters. The fraction of sp³-hybridized carbons (Fsp3) is 0.545. The van der Waals surface area contributed by atoms with E-state index in [0.717, 1.165) is 6.42 Å². The Hall–Kier alpha value is -2.05. The predicted octanol–water partition coefficient (Wildman–Crippen LogP) is 0.265. The van der Waals surface area contributed by atoms with Gasteiger partial charge in [0.25, 0.3) is 5.56 Å². The van der Waals surface area contributed by atoms with Gasteiger partial charge in [0, 0.05) is 20.1 Å². The number of rotatable bonds is 4. The summed E-state index contributed by atoms with van der Waals surface area (Å²) in [5, 5.41) is 3.06. The molecule has 2 aromatic heterocycles. The van der Waals surface area contributed by atoms with Crippen LogP contribution in [0.2, 0.25) is 0 Å². The molecule has 2 N–H and O–H groups in total. The highest BCUT2D eigenvalue weighted by atomic mass is 16.2. The molecule has 2 rings (SSSR count). The summed E-state index contributed by atoms with van der Waals surface area (Å²) in [6.45, 7) is 5.15. The lowest BCUT2D eigenvalue weighted by atomic mass is 10.4. The quantitative estimate of drug-likeness (QED) is 0.816. The minimum atomic E-state index is -0.407. The number of hydrogen-bond acceptors (Lipinski definition) is 4. The molecule has 7 nitrogen and oxygen atoms in total. The van der Waals surface area contributed by atoms with Crippen molar-refractivity contribution in [2.45, 2.75) is 26.8 Å². The van der Waals surface area contributed by atoms with Gasteiger partial charge in [-0.3, -0.25) is 14.3 Å². The summed E-state index contributed by atoms with van der Waals surface area (Å²) in [7, 11) is 1.75.